The second-order valence-corrected chi connectivity index (χ2v) is 3.81. The van der Waals surface area contributed by atoms with Crippen LogP contribution in [0.25, 0.3) is 0 Å². The van der Waals surface area contributed by atoms with Crippen LogP contribution in [0.15, 0.2) is 0 Å². The van der Waals surface area contributed by atoms with Gasteiger partial charge in [0.2, 0.25) is 0 Å². The van der Waals surface area contributed by atoms with Gasteiger partial charge in [-0.05, 0) is 13.3 Å². The number of esters is 1. The molecule has 0 aliphatic rings. The van der Waals surface area contributed by atoms with E-state index in [1.54, 1.807) is 13.8 Å². The summed E-state index contributed by atoms with van der Waals surface area (Å²) >= 11 is 11.4. The maximum absolute atomic E-state index is 11.3. The van der Waals surface area contributed by atoms with Crippen molar-refractivity contribution in [2.24, 2.45) is 0 Å². The lowest BCUT2D eigenvalue weighted by Gasteiger charge is -2.10. The summed E-state index contributed by atoms with van der Waals surface area (Å²) in [5.41, 5.74) is 0. The lowest BCUT2D eigenvalue weighted by molar-refractivity contribution is -0.144. The van der Waals surface area contributed by atoms with Gasteiger partial charge in [-0.3, -0.25) is 9.59 Å². The van der Waals surface area contributed by atoms with E-state index in [0.29, 0.717) is 6.42 Å². The van der Waals surface area contributed by atoms with E-state index in [1.807, 2.05) is 0 Å². The number of Topliss-reactive ketones (excluding diaryl/α,β-unsaturated/α-hetero) is 1. The monoisotopic (exact) mass is 240 g/mol. The summed E-state index contributed by atoms with van der Waals surface area (Å²) < 4.78 is 4.66. The molecule has 0 aromatic heterocycles. The quantitative estimate of drug-likeness (QED) is 0.528. The summed E-state index contributed by atoms with van der Waals surface area (Å²) in [5.74, 6) is -0.787. The van der Waals surface area contributed by atoms with Crippen LogP contribution in [-0.4, -0.2) is 29.1 Å². The molecule has 82 valence electrons. The molecule has 5 heteroatoms. The fraction of sp³-hybridized carbons (Fsp3) is 0.778. The zero-order chi connectivity index (χ0) is 11.1. The molecule has 0 fully saturated rings. The minimum Gasteiger partial charge on any atom is -0.466 e. The highest BCUT2D eigenvalue weighted by Gasteiger charge is 2.24. The van der Waals surface area contributed by atoms with Crippen molar-refractivity contribution in [2.45, 2.75) is 37.4 Å². The second kappa shape index (κ2) is 7.07. The third-order valence-corrected chi connectivity index (χ3v) is 2.52. The second-order valence-electron chi connectivity index (χ2n) is 2.75. The highest BCUT2D eigenvalue weighted by molar-refractivity contribution is 6.40. The number of ketones is 1. The van der Waals surface area contributed by atoms with Crippen LogP contribution >= 0.6 is 23.2 Å². The zero-order valence-electron chi connectivity index (χ0n) is 8.26. The molecule has 0 radical (unpaired) electrons. The van der Waals surface area contributed by atoms with Crippen LogP contribution in [0.2, 0.25) is 0 Å². The van der Waals surface area contributed by atoms with Crippen LogP contribution in [0.1, 0.15) is 26.7 Å². The standard InChI is InChI=1S/C9H14Cl2O3/c1-3-6(10)9(13)7(11)5-8(12)14-4-2/h6-7H,3-5H2,1-2H3. The summed E-state index contributed by atoms with van der Waals surface area (Å²) in [5, 5.41) is -1.50. The van der Waals surface area contributed by atoms with Crippen LogP contribution in [0.5, 0.6) is 0 Å². The van der Waals surface area contributed by atoms with Crippen LogP contribution < -0.4 is 0 Å². The highest BCUT2D eigenvalue weighted by Crippen LogP contribution is 2.13. The highest BCUT2D eigenvalue weighted by atomic mass is 35.5. The van der Waals surface area contributed by atoms with E-state index >= 15 is 0 Å². The SMILES string of the molecule is CCOC(=O)CC(Cl)C(=O)C(Cl)CC. The van der Waals surface area contributed by atoms with E-state index in [9.17, 15) is 9.59 Å². The number of alkyl halides is 2. The molecule has 2 atom stereocenters. The zero-order valence-corrected chi connectivity index (χ0v) is 9.77. The molecule has 0 N–H and O–H groups in total. The van der Waals surface area contributed by atoms with E-state index < -0.39 is 16.7 Å². The van der Waals surface area contributed by atoms with E-state index in [2.05, 4.69) is 4.74 Å². The Morgan fingerprint density at radius 2 is 1.79 bits per heavy atom. The van der Waals surface area contributed by atoms with Gasteiger partial charge in [0, 0.05) is 0 Å². The summed E-state index contributed by atoms with van der Waals surface area (Å²) in [6.07, 6.45) is 0.393. The molecule has 14 heavy (non-hydrogen) atoms. The minimum absolute atomic E-state index is 0.114. The van der Waals surface area contributed by atoms with Crippen LogP contribution in [-0.2, 0) is 14.3 Å². The molecule has 0 aliphatic heterocycles. The molecule has 0 spiro atoms. The first-order valence-corrected chi connectivity index (χ1v) is 5.37. The Bertz CT molecular complexity index is 206. The summed E-state index contributed by atoms with van der Waals surface area (Å²) in [7, 11) is 0. The van der Waals surface area contributed by atoms with Crippen LogP contribution in [0.4, 0.5) is 0 Å². The van der Waals surface area contributed by atoms with Crippen molar-refractivity contribution in [3.8, 4) is 0 Å². The Morgan fingerprint density at radius 1 is 1.21 bits per heavy atom. The van der Waals surface area contributed by atoms with Crippen molar-refractivity contribution in [1.82, 2.24) is 0 Å². The van der Waals surface area contributed by atoms with E-state index in [1.165, 1.54) is 0 Å². The van der Waals surface area contributed by atoms with Gasteiger partial charge in [0.05, 0.1) is 18.4 Å². The van der Waals surface area contributed by atoms with Gasteiger partial charge < -0.3 is 4.74 Å². The van der Waals surface area contributed by atoms with Crippen molar-refractivity contribution in [3.63, 3.8) is 0 Å². The minimum atomic E-state index is -0.878. The number of hydrogen-bond donors (Lipinski definition) is 0. The van der Waals surface area contributed by atoms with Crippen molar-refractivity contribution in [3.05, 3.63) is 0 Å². The smallest absolute Gasteiger partial charge is 0.307 e. The molecular formula is C9H14Cl2O3. The molecule has 2 unspecified atom stereocenters. The number of ether oxygens (including phenoxy) is 1. The van der Waals surface area contributed by atoms with Gasteiger partial charge in [-0.2, -0.15) is 0 Å². The van der Waals surface area contributed by atoms with Crippen molar-refractivity contribution >= 4 is 35.0 Å². The maximum Gasteiger partial charge on any atom is 0.307 e. The van der Waals surface area contributed by atoms with Crippen molar-refractivity contribution < 1.29 is 14.3 Å². The molecule has 0 aliphatic carbocycles. The van der Waals surface area contributed by atoms with E-state index in [0.717, 1.165) is 0 Å². The fourth-order valence-electron chi connectivity index (χ4n) is 0.864. The third-order valence-electron chi connectivity index (χ3n) is 1.63. The van der Waals surface area contributed by atoms with Gasteiger partial charge in [-0.25, -0.2) is 0 Å². The van der Waals surface area contributed by atoms with Gasteiger partial charge in [0.25, 0.3) is 0 Å². The number of halogens is 2. The molecular weight excluding hydrogens is 227 g/mol. The molecule has 0 saturated carbocycles. The number of hydrogen-bond acceptors (Lipinski definition) is 3. The molecule has 0 heterocycles. The first-order chi connectivity index (χ1) is 6.52. The molecule has 0 saturated heterocycles. The Hall–Kier alpha value is -0.280. The molecule has 0 aromatic rings. The number of carbonyl (C=O) groups is 2. The van der Waals surface area contributed by atoms with Crippen LogP contribution in [0.3, 0.4) is 0 Å². The van der Waals surface area contributed by atoms with Crippen molar-refractivity contribution in [1.29, 1.82) is 0 Å². The molecule has 3 nitrogen and oxygen atoms in total. The lowest BCUT2D eigenvalue weighted by atomic mass is 10.1. The van der Waals surface area contributed by atoms with Crippen molar-refractivity contribution in [2.75, 3.05) is 6.61 Å². The predicted octanol–water partition coefficient (Wildman–Crippen LogP) is 2.13. The van der Waals surface area contributed by atoms with Gasteiger partial charge in [-0.15, -0.1) is 23.2 Å². The fourth-order valence-corrected chi connectivity index (χ4v) is 1.36. The normalized spacial score (nSPS) is 14.6. The van der Waals surface area contributed by atoms with Gasteiger partial charge >= 0.3 is 5.97 Å². The molecule has 0 amide bonds. The van der Waals surface area contributed by atoms with Gasteiger partial charge in [0.15, 0.2) is 5.78 Å². The van der Waals surface area contributed by atoms with Crippen LogP contribution in [0, 0.1) is 0 Å². The topological polar surface area (TPSA) is 43.4 Å². The predicted molar refractivity (Wildman–Crippen MR) is 55.8 cm³/mol. The van der Waals surface area contributed by atoms with Gasteiger partial charge in [0.1, 0.15) is 5.38 Å². The Labute approximate surface area is 93.7 Å². The Balaban J connectivity index is 4.01. The van der Waals surface area contributed by atoms with E-state index in [4.69, 9.17) is 23.2 Å². The molecule has 0 bridgehead atoms. The average molecular weight is 241 g/mol. The maximum atomic E-state index is 11.3. The first-order valence-electron chi connectivity index (χ1n) is 4.50. The molecule has 0 aromatic carbocycles. The summed E-state index contributed by atoms with van der Waals surface area (Å²) in [6, 6.07) is 0. The third kappa shape index (κ3) is 4.82. The van der Waals surface area contributed by atoms with E-state index in [-0.39, 0.29) is 18.8 Å². The number of carbonyl (C=O) groups excluding carboxylic acids is 2. The lowest BCUT2D eigenvalue weighted by Crippen LogP contribution is -2.27. The molecule has 0 rings (SSSR count). The largest absolute Gasteiger partial charge is 0.466 e. The van der Waals surface area contributed by atoms with Gasteiger partial charge in [-0.1, -0.05) is 6.92 Å². The summed E-state index contributed by atoms with van der Waals surface area (Å²) in [4.78, 5) is 22.3. The number of rotatable bonds is 6. The Kier molecular flexibility index (Phi) is 6.93. The summed E-state index contributed by atoms with van der Waals surface area (Å²) in [6.45, 7) is 3.76. The first kappa shape index (κ1) is 13.7. The Morgan fingerprint density at radius 3 is 2.21 bits per heavy atom. The average Bonchev–Trinajstić information content (AvgIpc) is 2.15.